The number of ether oxygens (including phenoxy) is 1. The predicted octanol–water partition coefficient (Wildman–Crippen LogP) is 3.25. The molecule has 3 fully saturated rings. The average Bonchev–Trinajstić information content (AvgIpc) is 3.13. The van der Waals surface area contributed by atoms with Gasteiger partial charge in [0, 0.05) is 23.0 Å². The van der Waals surface area contributed by atoms with E-state index >= 15 is 0 Å². The number of piperidine rings is 3. The fourth-order valence-electron chi connectivity index (χ4n) is 3.82. The second kappa shape index (κ2) is 6.57. The summed E-state index contributed by atoms with van der Waals surface area (Å²) in [5, 5.41) is 3.26. The zero-order valence-corrected chi connectivity index (χ0v) is 14.6. The van der Waals surface area contributed by atoms with Crippen molar-refractivity contribution in [3.05, 3.63) is 41.3 Å². The number of rotatable bonds is 4. The molecule has 1 amide bonds. The molecule has 4 nitrogen and oxygen atoms in total. The maximum Gasteiger partial charge on any atom is 0.261 e. The maximum atomic E-state index is 12.6. The normalized spacial score (nSPS) is 25.5. The number of carbonyl (C=O) groups is 1. The lowest BCUT2D eigenvalue weighted by Gasteiger charge is -2.44. The topological polar surface area (TPSA) is 41.6 Å². The predicted molar refractivity (Wildman–Crippen MR) is 96.7 cm³/mol. The molecule has 1 atom stereocenters. The van der Waals surface area contributed by atoms with Gasteiger partial charge >= 0.3 is 0 Å². The lowest BCUT2D eigenvalue weighted by atomic mass is 9.84. The van der Waals surface area contributed by atoms with Gasteiger partial charge in [-0.25, -0.2) is 0 Å². The number of nitrogens with zero attached hydrogens (tertiary/aromatic N) is 1. The minimum absolute atomic E-state index is 0.0555. The van der Waals surface area contributed by atoms with Crippen LogP contribution in [0.4, 0.5) is 0 Å². The highest BCUT2D eigenvalue weighted by Crippen LogP contribution is 2.35. The van der Waals surface area contributed by atoms with Gasteiger partial charge in [-0.1, -0.05) is 12.1 Å². The highest BCUT2D eigenvalue weighted by molar-refractivity contribution is 7.17. The van der Waals surface area contributed by atoms with Gasteiger partial charge in [0.15, 0.2) is 0 Å². The van der Waals surface area contributed by atoms with Crippen LogP contribution in [0.1, 0.15) is 22.5 Å². The van der Waals surface area contributed by atoms with Gasteiger partial charge in [-0.05, 0) is 56.1 Å². The highest BCUT2D eigenvalue weighted by atomic mass is 32.1. The third-order valence-corrected chi connectivity index (χ3v) is 6.29. The molecule has 3 aliphatic rings. The van der Waals surface area contributed by atoms with Gasteiger partial charge in [0.1, 0.15) is 5.75 Å². The molecule has 3 aliphatic heterocycles. The van der Waals surface area contributed by atoms with Crippen LogP contribution in [0, 0.1) is 5.92 Å². The Kier molecular flexibility index (Phi) is 4.29. The molecule has 24 heavy (non-hydrogen) atoms. The van der Waals surface area contributed by atoms with Crippen molar-refractivity contribution in [2.75, 3.05) is 26.7 Å². The Morgan fingerprint density at radius 1 is 1.21 bits per heavy atom. The number of para-hydroxylation sites is 1. The van der Waals surface area contributed by atoms with Crippen LogP contribution in [0.2, 0.25) is 0 Å². The lowest BCUT2D eigenvalue weighted by Crippen LogP contribution is -2.57. The second-order valence-electron chi connectivity index (χ2n) is 6.58. The first kappa shape index (κ1) is 15.7. The quantitative estimate of drug-likeness (QED) is 0.927. The molecule has 0 unspecified atom stereocenters. The molecule has 1 N–H and O–H groups in total. The molecular formula is C19H22N2O2S. The number of thiophene rings is 1. The summed E-state index contributed by atoms with van der Waals surface area (Å²) >= 11 is 1.53. The first-order chi connectivity index (χ1) is 11.7. The van der Waals surface area contributed by atoms with Gasteiger partial charge in [-0.15, -0.1) is 11.3 Å². The van der Waals surface area contributed by atoms with Gasteiger partial charge in [0.25, 0.3) is 5.91 Å². The molecule has 0 saturated carbocycles. The minimum atomic E-state index is 0.0555. The van der Waals surface area contributed by atoms with E-state index in [0.717, 1.165) is 27.6 Å². The Hall–Kier alpha value is -1.85. The Bertz CT molecular complexity index is 734. The smallest absolute Gasteiger partial charge is 0.261 e. The number of fused-ring (bicyclic) bond motifs is 3. The molecule has 1 aromatic heterocycles. The number of amides is 1. The second-order valence-corrected chi connectivity index (χ2v) is 7.67. The van der Waals surface area contributed by atoms with Gasteiger partial charge in [0.2, 0.25) is 0 Å². The summed E-state index contributed by atoms with van der Waals surface area (Å²) in [5.41, 5.74) is 1.03. The molecular weight excluding hydrogens is 320 g/mol. The van der Waals surface area contributed by atoms with Gasteiger partial charge < -0.3 is 15.0 Å². The van der Waals surface area contributed by atoms with E-state index in [9.17, 15) is 4.79 Å². The Labute approximate surface area is 146 Å². The van der Waals surface area contributed by atoms with Crippen molar-refractivity contribution >= 4 is 17.2 Å². The van der Waals surface area contributed by atoms with Crippen molar-refractivity contribution in [1.29, 1.82) is 0 Å². The standard InChI is InChI=1S/C19H22N2O2S/c1-23-16-5-3-2-4-14(16)17-6-7-18(24-17)19(22)20-15-12-21-10-8-13(15)9-11-21/h2-7,13,15H,8-12H2,1H3,(H,20,22)/t15-/m0/s1. The SMILES string of the molecule is COc1ccccc1-c1ccc(C(=O)N[C@H]2CN3CCC2CC3)s1. The third kappa shape index (κ3) is 2.94. The molecule has 5 heteroatoms. The van der Waals surface area contributed by atoms with Crippen molar-refractivity contribution in [3.8, 4) is 16.2 Å². The number of benzene rings is 1. The van der Waals surface area contributed by atoms with Crippen LogP contribution in [0.15, 0.2) is 36.4 Å². The zero-order chi connectivity index (χ0) is 16.5. The summed E-state index contributed by atoms with van der Waals surface area (Å²) in [4.78, 5) is 16.9. The number of hydrogen-bond donors (Lipinski definition) is 1. The largest absolute Gasteiger partial charge is 0.496 e. The van der Waals surface area contributed by atoms with E-state index in [0.29, 0.717) is 12.0 Å². The van der Waals surface area contributed by atoms with Crippen LogP contribution in [-0.2, 0) is 0 Å². The van der Waals surface area contributed by atoms with Crippen molar-refractivity contribution < 1.29 is 9.53 Å². The fraction of sp³-hybridized carbons (Fsp3) is 0.421. The minimum Gasteiger partial charge on any atom is -0.496 e. The number of carbonyl (C=O) groups excluding carboxylic acids is 1. The van der Waals surface area contributed by atoms with E-state index in [1.165, 1.54) is 37.3 Å². The number of nitrogens with one attached hydrogen (secondary N) is 1. The lowest BCUT2D eigenvalue weighted by molar-refractivity contribution is 0.0622. The molecule has 1 aromatic carbocycles. The van der Waals surface area contributed by atoms with E-state index in [1.54, 1.807) is 7.11 Å². The zero-order valence-electron chi connectivity index (χ0n) is 13.8. The Morgan fingerprint density at radius 3 is 2.71 bits per heavy atom. The van der Waals surface area contributed by atoms with E-state index < -0.39 is 0 Å². The van der Waals surface area contributed by atoms with E-state index in [-0.39, 0.29) is 5.91 Å². The van der Waals surface area contributed by atoms with Crippen molar-refractivity contribution in [1.82, 2.24) is 10.2 Å². The monoisotopic (exact) mass is 342 g/mol. The van der Waals surface area contributed by atoms with Crippen LogP contribution in [0.3, 0.4) is 0 Å². The van der Waals surface area contributed by atoms with Gasteiger partial charge in [-0.2, -0.15) is 0 Å². The summed E-state index contributed by atoms with van der Waals surface area (Å²) in [6.07, 6.45) is 2.42. The summed E-state index contributed by atoms with van der Waals surface area (Å²) in [5.74, 6) is 1.54. The van der Waals surface area contributed by atoms with Gasteiger partial charge in [0.05, 0.1) is 12.0 Å². The third-order valence-electron chi connectivity index (χ3n) is 5.17. The van der Waals surface area contributed by atoms with Gasteiger partial charge in [-0.3, -0.25) is 4.79 Å². The summed E-state index contributed by atoms with van der Waals surface area (Å²) in [6.45, 7) is 3.38. The molecule has 5 rings (SSSR count). The summed E-state index contributed by atoms with van der Waals surface area (Å²) < 4.78 is 5.43. The van der Waals surface area contributed by atoms with Crippen molar-refractivity contribution in [2.45, 2.75) is 18.9 Å². The van der Waals surface area contributed by atoms with Crippen LogP contribution >= 0.6 is 11.3 Å². The Morgan fingerprint density at radius 2 is 2.00 bits per heavy atom. The average molecular weight is 342 g/mol. The molecule has 3 saturated heterocycles. The molecule has 0 radical (unpaired) electrons. The summed E-state index contributed by atoms with van der Waals surface area (Å²) in [6, 6.07) is 12.2. The highest BCUT2D eigenvalue weighted by Gasteiger charge is 2.35. The number of hydrogen-bond acceptors (Lipinski definition) is 4. The molecule has 0 spiro atoms. The van der Waals surface area contributed by atoms with Crippen LogP contribution < -0.4 is 10.1 Å². The van der Waals surface area contributed by atoms with E-state index in [4.69, 9.17) is 4.74 Å². The van der Waals surface area contributed by atoms with Crippen LogP contribution in [-0.4, -0.2) is 43.6 Å². The Balaban J connectivity index is 1.49. The molecule has 0 aliphatic carbocycles. The summed E-state index contributed by atoms with van der Waals surface area (Å²) in [7, 11) is 1.67. The first-order valence-electron chi connectivity index (χ1n) is 8.51. The van der Waals surface area contributed by atoms with E-state index in [1.807, 2.05) is 36.4 Å². The van der Waals surface area contributed by atoms with Crippen LogP contribution in [0.25, 0.3) is 10.4 Å². The van der Waals surface area contributed by atoms with Crippen molar-refractivity contribution in [3.63, 3.8) is 0 Å². The van der Waals surface area contributed by atoms with Crippen LogP contribution in [0.5, 0.6) is 5.75 Å². The molecule has 126 valence electrons. The first-order valence-corrected chi connectivity index (χ1v) is 9.32. The molecule has 2 aromatic rings. The fourth-order valence-corrected chi connectivity index (χ4v) is 4.76. The van der Waals surface area contributed by atoms with Crippen molar-refractivity contribution in [2.24, 2.45) is 5.92 Å². The maximum absolute atomic E-state index is 12.6. The molecule has 4 heterocycles. The number of methoxy groups -OCH3 is 1. The molecule has 2 bridgehead atoms. The van der Waals surface area contributed by atoms with E-state index in [2.05, 4.69) is 10.2 Å².